The summed E-state index contributed by atoms with van der Waals surface area (Å²) < 4.78 is 13.7. The number of amidine groups is 1. The number of rotatable bonds is 3. The number of halogens is 2. The number of hydrogen-bond acceptors (Lipinski definition) is 3. The predicted octanol–water partition coefficient (Wildman–Crippen LogP) is 4.47. The van der Waals surface area contributed by atoms with E-state index < -0.39 is 0 Å². The average molecular weight is 320 g/mol. The molecule has 0 aliphatic heterocycles. The second kappa shape index (κ2) is 7.67. The van der Waals surface area contributed by atoms with Crippen molar-refractivity contribution in [2.45, 2.75) is 5.75 Å². The van der Waals surface area contributed by atoms with Crippen molar-refractivity contribution in [3.05, 3.63) is 64.9 Å². The predicted molar refractivity (Wildman–Crippen MR) is 85.0 cm³/mol. The largest absolute Gasteiger partial charge is 0.271 e. The molecule has 106 valence electrons. The van der Waals surface area contributed by atoms with Crippen LogP contribution in [0.2, 0.25) is 5.02 Å². The molecule has 6 heteroatoms. The molecule has 3 nitrogen and oxygen atoms in total. The molecule has 21 heavy (non-hydrogen) atoms. The molecular weight excluding hydrogens is 309 g/mol. The van der Waals surface area contributed by atoms with Crippen LogP contribution in [0.5, 0.6) is 0 Å². The zero-order chi connectivity index (χ0) is 15.1. The Hall–Kier alpha value is -2.03. The lowest BCUT2D eigenvalue weighted by Gasteiger charge is -2.07. The molecule has 0 heterocycles. The lowest BCUT2D eigenvalue weighted by atomic mass is 10.2. The lowest BCUT2D eigenvalue weighted by Crippen LogP contribution is -2.13. The Kier molecular flexibility index (Phi) is 5.61. The Morgan fingerprint density at radius 1 is 1.24 bits per heavy atom. The Bertz CT molecular complexity index is 663. The van der Waals surface area contributed by atoms with E-state index in [4.69, 9.17) is 16.9 Å². The summed E-state index contributed by atoms with van der Waals surface area (Å²) in [5, 5.41) is 12.0. The fraction of sp³-hybridized carbons (Fsp3) is 0.0667. The molecule has 0 aromatic heterocycles. The van der Waals surface area contributed by atoms with Crippen LogP contribution >= 0.6 is 23.4 Å². The Balaban J connectivity index is 2.15. The fourth-order valence-electron chi connectivity index (χ4n) is 1.57. The summed E-state index contributed by atoms with van der Waals surface area (Å²) in [5.41, 5.74) is 1.10. The van der Waals surface area contributed by atoms with Gasteiger partial charge in [-0.25, -0.2) is 9.38 Å². The molecule has 0 saturated heterocycles. The molecule has 0 spiro atoms. The highest BCUT2D eigenvalue weighted by Crippen LogP contribution is 2.25. The van der Waals surface area contributed by atoms with Crippen molar-refractivity contribution >= 4 is 34.2 Å². The number of thioether (sulfide) groups is 1. The maximum atomic E-state index is 13.7. The first-order valence-corrected chi connectivity index (χ1v) is 7.41. The zero-order valence-electron chi connectivity index (χ0n) is 10.9. The molecule has 0 unspecified atom stereocenters. The Morgan fingerprint density at radius 2 is 2.00 bits per heavy atom. The topological polar surface area (TPSA) is 48.2 Å². The van der Waals surface area contributed by atoms with Gasteiger partial charge >= 0.3 is 0 Å². The van der Waals surface area contributed by atoms with E-state index in [1.165, 1.54) is 17.8 Å². The van der Waals surface area contributed by atoms with Crippen LogP contribution < -0.4 is 5.32 Å². The second-order valence-electron chi connectivity index (χ2n) is 3.98. The monoisotopic (exact) mass is 319 g/mol. The summed E-state index contributed by atoms with van der Waals surface area (Å²) in [6.45, 7) is 0. The van der Waals surface area contributed by atoms with Gasteiger partial charge in [0.2, 0.25) is 0 Å². The van der Waals surface area contributed by atoms with Gasteiger partial charge in [0.05, 0.1) is 5.69 Å². The highest BCUT2D eigenvalue weighted by molar-refractivity contribution is 8.13. The number of nitrogens with zero attached hydrogens (tertiary/aromatic N) is 2. The highest BCUT2D eigenvalue weighted by Gasteiger charge is 2.09. The van der Waals surface area contributed by atoms with Gasteiger partial charge in [-0.3, -0.25) is 5.32 Å². The number of para-hydroxylation sites is 1. The normalized spacial score (nSPS) is 11.0. The van der Waals surface area contributed by atoms with Gasteiger partial charge in [-0.15, -0.1) is 0 Å². The van der Waals surface area contributed by atoms with E-state index in [-0.39, 0.29) is 11.6 Å². The van der Waals surface area contributed by atoms with Crippen LogP contribution in [0.25, 0.3) is 0 Å². The van der Waals surface area contributed by atoms with E-state index >= 15 is 0 Å². The molecule has 0 bridgehead atoms. The molecule has 0 aliphatic rings. The number of hydrogen-bond donors (Lipinski definition) is 1. The average Bonchev–Trinajstić information content (AvgIpc) is 2.48. The van der Waals surface area contributed by atoms with Crippen LogP contribution in [-0.2, 0) is 5.75 Å². The maximum absolute atomic E-state index is 13.7. The van der Waals surface area contributed by atoms with Crippen molar-refractivity contribution in [3.8, 4) is 6.19 Å². The molecule has 2 aromatic carbocycles. The minimum Gasteiger partial charge on any atom is -0.271 e. The van der Waals surface area contributed by atoms with Crippen LogP contribution in [0.15, 0.2) is 53.5 Å². The summed E-state index contributed by atoms with van der Waals surface area (Å²) in [6.07, 6.45) is 1.83. The van der Waals surface area contributed by atoms with Crippen LogP contribution in [0.3, 0.4) is 0 Å². The van der Waals surface area contributed by atoms with Gasteiger partial charge in [0.25, 0.3) is 0 Å². The van der Waals surface area contributed by atoms with Crippen molar-refractivity contribution in [1.82, 2.24) is 5.32 Å². The van der Waals surface area contributed by atoms with Gasteiger partial charge in [0, 0.05) is 16.3 Å². The quantitative estimate of drug-likeness (QED) is 0.393. The molecule has 2 aromatic rings. The van der Waals surface area contributed by atoms with Gasteiger partial charge in [-0.2, -0.15) is 5.26 Å². The molecule has 0 atom stereocenters. The first-order valence-electron chi connectivity index (χ1n) is 6.05. The fourth-order valence-corrected chi connectivity index (χ4v) is 2.75. The third kappa shape index (κ3) is 4.48. The van der Waals surface area contributed by atoms with Crippen molar-refractivity contribution in [1.29, 1.82) is 5.26 Å². The Labute approximate surface area is 131 Å². The number of aliphatic imine (C=N–C) groups is 1. The van der Waals surface area contributed by atoms with Gasteiger partial charge in [-0.05, 0) is 24.3 Å². The highest BCUT2D eigenvalue weighted by atomic mass is 35.5. The van der Waals surface area contributed by atoms with Crippen LogP contribution in [0, 0.1) is 17.3 Å². The van der Waals surface area contributed by atoms with E-state index in [0.29, 0.717) is 21.4 Å². The minimum absolute atomic E-state index is 0.284. The molecule has 0 radical (unpaired) electrons. The maximum Gasteiger partial charge on any atom is 0.183 e. The summed E-state index contributed by atoms with van der Waals surface area (Å²) >= 11 is 7.19. The SMILES string of the molecule is N#CNC(=Nc1ccccc1)SCc1c(F)cccc1Cl. The molecule has 1 N–H and O–H groups in total. The molecule has 2 rings (SSSR count). The van der Waals surface area contributed by atoms with E-state index in [9.17, 15) is 4.39 Å². The first-order chi connectivity index (χ1) is 10.2. The van der Waals surface area contributed by atoms with Crippen molar-refractivity contribution in [2.24, 2.45) is 4.99 Å². The molecule has 0 aliphatic carbocycles. The van der Waals surface area contributed by atoms with E-state index in [1.807, 2.05) is 36.5 Å². The van der Waals surface area contributed by atoms with E-state index in [0.717, 1.165) is 0 Å². The standard InChI is InChI=1S/C15H11ClFN3S/c16-13-7-4-8-14(17)12(13)9-21-15(19-10-18)20-11-5-2-1-3-6-11/h1-8H,9H2,(H,19,20). The lowest BCUT2D eigenvalue weighted by molar-refractivity contribution is 0.617. The summed E-state index contributed by atoms with van der Waals surface area (Å²) in [5.74, 6) is -0.0858. The third-order valence-corrected chi connectivity index (χ3v) is 3.82. The van der Waals surface area contributed by atoms with Gasteiger partial charge in [0.15, 0.2) is 11.4 Å². The number of nitriles is 1. The third-order valence-electron chi connectivity index (χ3n) is 2.56. The molecular formula is C15H11ClFN3S. The summed E-state index contributed by atoms with van der Waals surface area (Å²) in [7, 11) is 0. The number of benzene rings is 2. The first kappa shape index (κ1) is 15.4. The molecule has 0 fully saturated rings. The zero-order valence-corrected chi connectivity index (χ0v) is 12.5. The van der Waals surface area contributed by atoms with Crippen molar-refractivity contribution in [2.75, 3.05) is 0 Å². The Morgan fingerprint density at radius 3 is 2.67 bits per heavy atom. The smallest absolute Gasteiger partial charge is 0.183 e. The van der Waals surface area contributed by atoms with Crippen LogP contribution in [0.1, 0.15) is 5.56 Å². The van der Waals surface area contributed by atoms with Crippen LogP contribution in [0.4, 0.5) is 10.1 Å². The van der Waals surface area contributed by atoms with E-state index in [1.54, 1.807) is 12.1 Å². The van der Waals surface area contributed by atoms with Crippen molar-refractivity contribution < 1.29 is 4.39 Å². The minimum atomic E-state index is -0.369. The van der Waals surface area contributed by atoms with Crippen molar-refractivity contribution in [3.63, 3.8) is 0 Å². The molecule has 0 amide bonds. The number of nitrogens with one attached hydrogen (secondary N) is 1. The van der Waals surface area contributed by atoms with Crippen LogP contribution in [-0.4, -0.2) is 5.17 Å². The van der Waals surface area contributed by atoms with E-state index in [2.05, 4.69) is 10.3 Å². The summed E-state index contributed by atoms with van der Waals surface area (Å²) in [4.78, 5) is 4.30. The van der Waals surface area contributed by atoms with Gasteiger partial charge < -0.3 is 0 Å². The van der Waals surface area contributed by atoms with Gasteiger partial charge in [0.1, 0.15) is 5.82 Å². The molecule has 0 saturated carbocycles. The summed E-state index contributed by atoms with van der Waals surface area (Å²) in [6, 6.07) is 13.7. The second-order valence-corrected chi connectivity index (χ2v) is 5.35. The van der Waals surface area contributed by atoms with Gasteiger partial charge in [-0.1, -0.05) is 47.6 Å².